The van der Waals surface area contributed by atoms with Gasteiger partial charge >= 0.3 is 12.4 Å². The maximum Gasteiger partial charge on any atom is 0.408 e. The van der Waals surface area contributed by atoms with Gasteiger partial charge in [0, 0.05) is 5.41 Å². The van der Waals surface area contributed by atoms with Crippen molar-refractivity contribution in [3.63, 3.8) is 0 Å². The fourth-order valence-electron chi connectivity index (χ4n) is 1.63. The van der Waals surface area contributed by atoms with Gasteiger partial charge in [-0.2, -0.15) is 41.3 Å². The SMILES string of the molecule is CC(Nc1nc(C#CC2(C)CC2)nc(N[C@H](C)C(F)(F)F)n1)C(F)(F)F. The lowest BCUT2D eigenvalue weighted by atomic mass is 10.1. The lowest BCUT2D eigenvalue weighted by Gasteiger charge is -2.19. The molecule has 1 aromatic rings. The maximum absolute atomic E-state index is 12.7. The summed E-state index contributed by atoms with van der Waals surface area (Å²) in [6.07, 6.45) is -7.44. The van der Waals surface area contributed by atoms with Gasteiger partial charge in [0.15, 0.2) is 0 Å². The summed E-state index contributed by atoms with van der Waals surface area (Å²) in [5, 5.41) is 4.02. The Morgan fingerprint density at radius 3 is 1.65 bits per heavy atom. The predicted molar refractivity (Wildman–Crippen MR) is 82.3 cm³/mol. The van der Waals surface area contributed by atoms with E-state index >= 15 is 0 Å². The Labute approximate surface area is 146 Å². The average molecular weight is 381 g/mol. The fraction of sp³-hybridized carbons (Fsp3) is 0.667. The topological polar surface area (TPSA) is 62.7 Å². The molecule has 0 aromatic carbocycles. The third-order valence-electron chi connectivity index (χ3n) is 3.78. The number of aromatic nitrogens is 3. The molecule has 0 aliphatic heterocycles. The Morgan fingerprint density at radius 1 is 0.885 bits per heavy atom. The zero-order valence-corrected chi connectivity index (χ0v) is 14.2. The van der Waals surface area contributed by atoms with Crippen LogP contribution in [0.3, 0.4) is 0 Å². The van der Waals surface area contributed by atoms with Gasteiger partial charge in [0.05, 0.1) is 0 Å². The first-order valence-electron chi connectivity index (χ1n) is 7.74. The van der Waals surface area contributed by atoms with Crippen LogP contribution in [-0.4, -0.2) is 39.4 Å². The van der Waals surface area contributed by atoms with E-state index in [2.05, 4.69) is 26.8 Å². The van der Waals surface area contributed by atoms with Crippen LogP contribution < -0.4 is 10.6 Å². The summed E-state index contributed by atoms with van der Waals surface area (Å²) in [5.74, 6) is 4.24. The second-order valence-electron chi connectivity index (χ2n) is 6.43. The molecular formula is C15H17F6N5. The molecule has 5 nitrogen and oxygen atoms in total. The van der Waals surface area contributed by atoms with Crippen molar-refractivity contribution in [2.45, 2.75) is 58.0 Å². The molecule has 0 saturated heterocycles. The summed E-state index contributed by atoms with van der Waals surface area (Å²) < 4.78 is 76.1. The van der Waals surface area contributed by atoms with Crippen LogP contribution in [0.25, 0.3) is 0 Å². The molecule has 0 bridgehead atoms. The van der Waals surface area contributed by atoms with Crippen molar-refractivity contribution >= 4 is 11.9 Å². The summed E-state index contributed by atoms with van der Waals surface area (Å²) >= 11 is 0. The van der Waals surface area contributed by atoms with Gasteiger partial charge in [-0.3, -0.25) is 0 Å². The molecule has 144 valence electrons. The summed E-state index contributed by atoms with van der Waals surface area (Å²) in [4.78, 5) is 11.1. The quantitative estimate of drug-likeness (QED) is 0.615. The molecule has 0 radical (unpaired) electrons. The number of hydrogen-bond donors (Lipinski definition) is 2. The minimum Gasteiger partial charge on any atom is -0.343 e. The first kappa shape index (κ1) is 20.1. The number of nitrogens with one attached hydrogen (secondary N) is 2. The standard InChI is InChI=1S/C15H17F6N5/c1-8(14(16,17)18)22-11-24-10(4-5-13(3)6-7-13)25-12(26-11)23-9(2)15(19,20)21/h8-9H,6-7H2,1-3H3,(H2,22,23,24,25,26)/t8-,9?/m1/s1. The van der Waals surface area contributed by atoms with Gasteiger partial charge in [0.25, 0.3) is 0 Å². The van der Waals surface area contributed by atoms with Crippen LogP contribution in [0.4, 0.5) is 38.2 Å². The number of nitrogens with zero attached hydrogens (tertiary/aromatic N) is 3. The van der Waals surface area contributed by atoms with E-state index in [9.17, 15) is 26.3 Å². The summed E-state index contributed by atoms with van der Waals surface area (Å²) in [6, 6.07) is -4.00. The van der Waals surface area contributed by atoms with Crippen LogP contribution in [0, 0.1) is 17.3 Å². The molecule has 1 aromatic heterocycles. The van der Waals surface area contributed by atoms with Crippen LogP contribution in [0.5, 0.6) is 0 Å². The van der Waals surface area contributed by atoms with E-state index in [1.54, 1.807) is 0 Å². The van der Waals surface area contributed by atoms with Gasteiger partial charge in [0.2, 0.25) is 17.7 Å². The van der Waals surface area contributed by atoms with E-state index in [-0.39, 0.29) is 11.2 Å². The predicted octanol–water partition coefficient (Wildman–Crippen LogP) is 3.75. The molecule has 1 heterocycles. The van der Waals surface area contributed by atoms with Crippen LogP contribution in [0.15, 0.2) is 0 Å². The lowest BCUT2D eigenvalue weighted by Crippen LogP contribution is -2.35. The number of alkyl halides is 6. The molecule has 1 saturated carbocycles. The summed E-state index contributed by atoms with van der Waals surface area (Å²) in [7, 11) is 0. The molecule has 11 heteroatoms. The second kappa shape index (κ2) is 6.81. The Hall–Kier alpha value is -2.25. The number of anilines is 2. The van der Waals surface area contributed by atoms with Gasteiger partial charge in [-0.1, -0.05) is 5.92 Å². The molecule has 1 aliphatic rings. The van der Waals surface area contributed by atoms with Gasteiger partial charge < -0.3 is 10.6 Å². The Balaban J connectivity index is 2.30. The Morgan fingerprint density at radius 2 is 1.31 bits per heavy atom. The number of rotatable bonds is 4. The molecule has 2 atom stereocenters. The molecule has 0 spiro atoms. The molecule has 2 rings (SSSR count). The van der Waals surface area contributed by atoms with E-state index in [1.165, 1.54) is 0 Å². The van der Waals surface area contributed by atoms with Crippen molar-refractivity contribution in [2.24, 2.45) is 5.41 Å². The number of hydrogen-bond acceptors (Lipinski definition) is 5. The normalized spacial score (nSPS) is 18.3. The zero-order valence-electron chi connectivity index (χ0n) is 14.2. The van der Waals surface area contributed by atoms with E-state index in [1.807, 2.05) is 17.6 Å². The van der Waals surface area contributed by atoms with E-state index < -0.39 is 36.3 Å². The average Bonchev–Trinajstić information content (AvgIpc) is 3.21. The van der Waals surface area contributed by atoms with E-state index in [4.69, 9.17) is 0 Å². The highest BCUT2D eigenvalue weighted by atomic mass is 19.4. The number of halogens is 6. The van der Waals surface area contributed by atoms with Crippen molar-refractivity contribution in [3.05, 3.63) is 5.82 Å². The highest BCUT2D eigenvalue weighted by Gasteiger charge is 2.38. The largest absolute Gasteiger partial charge is 0.408 e. The van der Waals surface area contributed by atoms with E-state index in [0.29, 0.717) is 0 Å². The van der Waals surface area contributed by atoms with Gasteiger partial charge in [-0.15, -0.1) is 0 Å². The van der Waals surface area contributed by atoms with Crippen LogP contribution in [-0.2, 0) is 0 Å². The minimum atomic E-state index is -4.58. The lowest BCUT2D eigenvalue weighted by molar-refractivity contribution is -0.139. The fourth-order valence-corrected chi connectivity index (χ4v) is 1.63. The molecule has 0 amide bonds. The van der Waals surface area contributed by atoms with Crippen molar-refractivity contribution in [1.82, 2.24) is 15.0 Å². The van der Waals surface area contributed by atoms with Crippen molar-refractivity contribution in [2.75, 3.05) is 10.6 Å². The highest BCUT2D eigenvalue weighted by molar-refractivity contribution is 5.40. The smallest absolute Gasteiger partial charge is 0.343 e. The first-order valence-corrected chi connectivity index (χ1v) is 7.74. The zero-order chi connectivity index (χ0) is 19.8. The van der Waals surface area contributed by atoms with Crippen LogP contribution >= 0.6 is 0 Å². The molecule has 2 N–H and O–H groups in total. The van der Waals surface area contributed by atoms with Crippen molar-refractivity contribution in [3.8, 4) is 11.8 Å². The van der Waals surface area contributed by atoms with Gasteiger partial charge in [-0.05, 0) is 39.5 Å². The van der Waals surface area contributed by atoms with Gasteiger partial charge in [-0.25, -0.2) is 0 Å². The molecule has 26 heavy (non-hydrogen) atoms. The van der Waals surface area contributed by atoms with Crippen LogP contribution in [0.2, 0.25) is 0 Å². The molecular weight excluding hydrogens is 364 g/mol. The minimum absolute atomic E-state index is 0.207. The molecule has 1 fully saturated rings. The monoisotopic (exact) mass is 381 g/mol. The maximum atomic E-state index is 12.7. The Kier molecular flexibility index (Phi) is 5.26. The third-order valence-corrected chi connectivity index (χ3v) is 3.78. The highest BCUT2D eigenvalue weighted by Crippen LogP contribution is 2.44. The molecule has 1 unspecified atom stereocenters. The van der Waals surface area contributed by atoms with Crippen molar-refractivity contribution < 1.29 is 26.3 Å². The summed E-state index contributed by atoms with van der Waals surface area (Å²) in [6.45, 7) is 3.56. The summed E-state index contributed by atoms with van der Waals surface area (Å²) in [5.41, 5.74) is -0.216. The molecule has 1 aliphatic carbocycles. The van der Waals surface area contributed by atoms with E-state index in [0.717, 1.165) is 26.7 Å². The third kappa shape index (κ3) is 5.64. The Bertz CT molecular complexity index is 674. The van der Waals surface area contributed by atoms with Crippen LogP contribution in [0.1, 0.15) is 39.4 Å². The van der Waals surface area contributed by atoms with Crippen molar-refractivity contribution in [1.29, 1.82) is 0 Å². The first-order chi connectivity index (χ1) is 11.8. The second-order valence-corrected chi connectivity index (χ2v) is 6.43. The van der Waals surface area contributed by atoms with Gasteiger partial charge in [0.1, 0.15) is 12.1 Å².